The van der Waals surface area contributed by atoms with Crippen molar-refractivity contribution in [2.75, 3.05) is 20.8 Å². The zero-order valence-electron chi connectivity index (χ0n) is 23.3. The van der Waals surface area contributed by atoms with Gasteiger partial charge in [0.05, 0.1) is 42.7 Å². The molecule has 0 saturated heterocycles. The predicted molar refractivity (Wildman–Crippen MR) is 151 cm³/mol. The number of fused-ring (bicyclic) bond motifs is 1. The van der Waals surface area contributed by atoms with Gasteiger partial charge in [-0.25, -0.2) is 9.79 Å². The monoisotopic (exact) mass is 550 g/mol. The van der Waals surface area contributed by atoms with E-state index in [-0.39, 0.29) is 17.2 Å². The van der Waals surface area contributed by atoms with Gasteiger partial charge in [0.15, 0.2) is 4.80 Å². The highest BCUT2D eigenvalue weighted by Crippen LogP contribution is 2.38. The molecule has 0 fully saturated rings. The molecule has 0 spiro atoms. The molecule has 0 saturated carbocycles. The van der Waals surface area contributed by atoms with Crippen LogP contribution >= 0.6 is 11.3 Å². The number of esters is 1. The summed E-state index contributed by atoms with van der Waals surface area (Å²) in [5, 5.41) is 0. The summed E-state index contributed by atoms with van der Waals surface area (Å²) in [6.07, 6.45) is 1.48. The highest BCUT2D eigenvalue weighted by atomic mass is 32.1. The molecule has 8 nitrogen and oxygen atoms in total. The minimum Gasteiger partial charge on any atom is -0.497 e. The van der Waals surface area contributed by atoms with Gasteiger partial charge in [-0.15, -0.1) is 0 Å². The van der Waals surface area contributed by atoms with Gasteiger partial charge in [-0.05, 0) is 68.7 Å². The molecule has 9 heteroatoms. The predicted octanol–water partition coefficient (Wildman–Crippen LogP) is 4.24. The fourth-order valence-corrected chi connectivity index (χ4v) is 5.33. The molecule has 1 atom stereocenters. The fourth-order valence-electron chi connectivity index (χ4n) is 4.28. The molecule has 1 aliphatic heterocycles. The topological polar surface area (TPSA) is 88.4 Å². The van der Waals surface area contributed by atoms with E-state index in [1.807, 2.05) is 30.3 Å². The second-order valence-electron chi connectivity index (χ2n) is 9.92. The molecule has 0 bridgehead atoms. The Hall–Kier alpha value is -3.85. The van der Waals surface area contributed by atoms with Crippen LogP contribution in [0.25, 0.3) is 6.08 Å². The number of hydrogen-bond donors (Lipinski definition) is 0. The Kier molecular flexibility index (Phi) is 8.60. The molecule has 0 unspecified atom stereocenters. The van der Waals surface area contributed by atoms with Crippen LogP contribution in [0.4, 0.5) is 0 Å². The molecule has 4 rings (SSSR count). The summed E-state index contributed by atoms with van der Waals surface area (Å²) >= 11 is 1.27. The molecule has 1 aromatic heterocycles. The summed E-state index contributed by atoms with van der Waals surface area (Å²) in [6, 6.07) is 12.1. The SMILES string of the molecule is COc1ccc(OC)c([C@H]2C(C(=O)OC(C)C)=C(C)N=c3s/c(=C\c4ccc(OCC(C)C)cc4)c(=O)n32)c1. The number of allylic oxidation sites excluding steroid dienone is 1. The third-order valence-electron chi connectivity index (χ3n) is 6.08. The highest BCUT2D eigenvalue weighted by Gasteiger charge is 2.35. The summed E-state index contributed by atoms with van der Waals surface area (Å²) in [7, 11) is 3.11. The highest BCUT2D eigenvalue weighted by molar-refractivity contribution is 7.07. The molecule has 0 radical (unpaired) electrons. The minimum absolute atomic E-state index is 0.267. The number of thiazole rings is 1. The van der Waals surface area contributed by atoms with Gasteiger partial charge < -0.3 is 18.9 Å². The van der Waals surface area contributed by atoms with Crippen molar-refractivity contribution in [2.45, 2.75) is 46.8 Å². The molecule has 0 amide bonds. The third kappa shape index (κ3) is 6.09. The number of carbonyl (C=O) groups excluding carboxylic acids is 1. The molecule has 2 aromatic carbocycles. The molecular weight excluding hydrogens is 516 g/mol. The van der Waals surface area contributed by atoms with E-state index in [1.54, 1.807) is 53.2 Å². The van der Waals surface area contributed by atoms with Crippen LogP contribution in [0.1, 0.15) is 51.8 Å². The van der Waals surface area contributed by atoms with Crippen molar-refractivity contribution < 1.29 is 23.7 Å². The van der Waals surface area contributed by atoms with Crippen LogP contribution in [-0.2, 0) is 9.53 Å². The van der Waals surface area contributed by atoms with E-state index in [4.69, 9.17) is 18.9 Å². The first kappa shape index (κ1) is 28.2. The van der Waals surface area contributed by atoms with E-state index in [2.05, 4.69) is 18.8 Å². The van der Waals surface area contributed by atoms with E-state index >= 15 is 0 Å². The molecule has 0 N–H and O–H groups in total. The molecule has 206 valence electrons. The second kappa shape index (κ2) is 11.9. The zero-order chi connectivity index (χ0) is 28.3. The van der Waals surface area contributed by atoms with Crippen molar-refractivity contribution in [1.82, 2.24) is 4.57 Å². The Labute approximate surface area is 231 Å². The lowest BCUT2D eigenvalue weighted by molar-refractivity contribution is -0.143. The standard InChI is InChI=1S/C30H34N2O6S/c1-17(2)16-37-21-10-8-20(9-11-21)14-25-28(33)32-27(23-15-22(35-6)12-13-24(23)36-7)26(29(34)38-18(3)4)19(5)31-30(32)39-25/h8-15,17-18,27H,16H2,1-7H3/b25-14-/t27-/m0/s1. The number of carbonyl (C=O) groups is 1. The summed E-state index contributed by atoms with van der Waals surface area (Å²) in [5.41, 5.74) is 1.94. The zero-order valence-corrected chi connectivity index (χ0v) is 24.1. The summed E-state index contributed by atoms with van der Waals surface area (Å²) in [5.74, 6) is 1.74. The van der Waals surface area contributed by atoms with Crippen molar-refractivity contribution >= 4 is 23.4 Å². The Morgan fingerprint density at radius 1 is 1.05 bits per heavy atom. The molecule has 0 aliphatic carbocycles. The average molecular weight is 551 g/mol. The van der Waals surface area contributed by atoms with Crippen LogP contribution in [0.15, 0.2) is 63.5 Å². The first-order valence-corrected chi connectivity index (χ1v) is 13.6. The number of ether oxygens (including phenoxy) is 4. The molecule has 1 aliphatic rings. The number of benzene rings is 2. The van der Waals surface area contributed by atoms with Gasteiger partial charge in [0.1, 0.15) is 23.3 Å². The fraction of sp³-hybridized carbons (Fsp3) is 0.367. The third-order valence-corrected chi connectivity index (χ3v) is 7.06. The Morgan fingerprint density at radius 3 is 2.36 bits per heavy atom. The number of rotatable bonds is 9. The molecule has 39 heavy (non-hydrogen) atoms. The summed E-state index contributed by atoms with van der Waals surface area (Å²) in [6.45, 7) is 10.1. The van der Waals surface area contributed by atoms with Crippen molar-refractivity contribution in [1.29, 1.82) is 0 Å². The van der Waals surface area contributed by atoms with Crippen LogP contribution in [0.5, 0.6) is 17.2 Å². The normalized spacial score (nSPS) is 15.3. The van der Waals surface area contributed by atoms with E-state index in [1.165, 1.54) is 15.9 Å². The number of methoxy groups -OCH3 is 2. The number of nitrogens with zero attached hydrogens (tertiary/aromatic N) is 2. The van der Waals surface area contributed by atoms with Gasteiger partial charge in [0, 0.05) is 5.56 Å². The van der Waals surface area contributed by atoms with E-state index in [9.17, 15) is 9.59 Å². The maximum Gasteiger partial charge on any atom is 0.338 e. The summed E-state index contributed by atoms with van der Waals surface area (Å²) in [4.78, 5) is 32.4. The quantitative estimate of drug-likeness (QED) is 0.371. The van der Waals surface area contributed by atoms with Gasteiger partial charge in [0.2, 0.25) is 0 Å². The lowest BCUT2D eigenvalue weighted by Gasteiger charge is -2.26. The van der Waals surface area contributed by atoms with Gasteiger partial charge in [0.25, 0.3) is 5.56 Å². The first-order valence-electron chi connectivity index (χ1n) is 12.8. The number of hydrogen-bond acceptors (Lipinski definition) is 8. The Balaban J connectivity index is 1.88. The Bertz CT molecular complexity index is 1560. The molecule has 3 aromatic rings. The van der Waals surface area contributed by atoms with Crippen molar-refractivity contribution in [2.24, 2.45) is 10.9 Å². The lowest BCUT2D eigenvalue weighted by atomic mass is 9.94. The summed E-state index contributed by atoms with van der Waals surface area (Å²) < 4.78 is 24.5. The lowest BCUT2D eigenvalue weighted by Crippen LogP contribution is -2.40. The van der Waals surface area contributed by atoms with E-state index < -0.39 is 12.0 Å². The maximum absolute atomic E-state index is 13.9. The van der Waals surface area contributed by atoms with Gasteiger partial charge in [-0.1, -0.05) is 37.3 Å². The van der Waals surface area contributed by atoms with Crippen LogP contribution in [0, 0.1) is 5.92 Å². The molecular formula is C30H34N2O6S. The van der Waals surface area contributed by atoms with Crippen LogP contribution in [0.3, 0.4) is 0 Å². The Morgan fingerprint density at radius 2 is 1.74 bits per heavy atom. The second-order valence-corrected chi connectivity index (χ2v) is 10.9. The van der Waals surface area contributed by atoms with Crippen LogP contribution in [-0.4, -0.2) is 37.5 Å². The minimum atomic E-state index is -0.813. The van der Waals surface area contributed by atoms with Crippen molar-refractivity contribution in [3.8, 4) is 17.2 Å². The molecule has 2 heterocycles. The number of aromatic nitrogens is 1. The van der Waals surface area contributed by atoms with Crippen molar-refractivity contribution in [3.05, 3.63) is 84.5 Å². The first-order chi connectivity index (χ1) is 18.6. The largest absolute Gasteiger partial charge is 0.497 e. The van der Waals surface area contributed by atoms with Gasteiger partial charge in [-0.2, -0.15) is 0 Å². The average Bonchev–Trinajstić information content (AvgIpc) is 3.20. The maximum atomic E-state index is 13.9. The smallest absolute Gasteiger partial charge is 0.338 e. The van der Waals surface area contributed by atoms with Gasteiger partial charge >= 0.3 is 5.97 Å². The van der Waals surface area contributed by atoms with E-state index in [0.717, 1.165) is 11.3 Å². The van der Waals surface area contributed by atoms with Crippen LogP contribution in [0.2, 0.25) is 0 Å². The van der Waals surface area contributed by atoms with Crippen LogP contribution < -0.4 is 29.1 Å². The van der Waals surface area contributed by atoms with Crippen molar-refractivity contribution in [3.63, 3.8) is 0 Å². The van der Waals surface area contributed by atoms with Gasteiger partial charge in [-0.3, -0.25) is 9.36 Å². The van der Waals surface area contributed by atoms with E-state index in [0.29, 0.717) is 44.6 Å².